The number of rotatable bonds is 5. The first kappa shape index (κ1) is 17.8. The Hall–Kier alpha value is -0.545. The monoisotopic (exact) mass is 362 g/mol. The van der Waals surface area contributed by atoms with Crippen LogP contribution in [0.4, 0.5) is 0 Å². The molecular formula is C20H28BClO3. The van der Waals surface area contributed by atoms with Crippen molar-refractivity contribution in [3.63, 3.8) is 0 Å². The van der Waals surface area contributed by atoms with Gasteiger partial charge in [-0.15, -0.1) is 11.6 Å². The highest BCUT2D eigenvalue weighted by Gasteiger charge is 2.68. The summed E-state index contributed by atoms with van der Waals surface area (Å²) in [4.78, 5) is 0. The maximum absolute atomic E-state index is 6.69. The zero-order valence-electron chi connectivity index (χ0n) is 15.6. The second-order valence-electron chi connectivity index (χ2n) is 8.78. The van der Waals surface area contributed by atoms with Crippen LogP contribution in [0.1, 0.15) is 46.1 Å². The smallest absolute Gasteiger partial charge is 0.404 e. The van der Waals surface area contributed by atoms with E-state index in [1.165, 1.54) is 6.42 Å². The number of hydrogen-bond acceptors (Lipinski definition) is 3. The van der Waals surface area contributed by atoms with Gasteiger partial charge >= 0.3 is 7.12 Å². The van der Waals surface area contributed by atoms with Gasteiger partial charge < -0.3 is 14.0 Å². The Morgan fingerprint density at radius 1 is 1.24 bits per heavy atom. The van der Waals surface area contributed by atoms with E-state index in [1.54, 1.807) is 0 Å². The van der Waals surface area contributed by atoms with Crippen molar-refractivity contribution in [2.45, 2.75) is 70.2 Å². The van der Waals surface area contributed by atoms with Crippen molar-refractivity contribution in [1.82, 2.24) is 0 Å². The van der Waals surface area contributed by atoms with E-state index in [4.69, 9.17) is 25.6 Å². The lowest BCUT2D eigenvalue weighted by Gasteiger charge is -2.64. The van der Waals surface area contributed by atoms with E-state index in [0.29, 0.717) is 17.9 Å². The summed E-state index contributed by atoms with van der Waals surface area (Å²) >= 11 is 6.69. The number of benzene rings is 1. The van der Waals surface area contributed by atoms with Crippen LogP contribution in [0.25, 0.3) is 0 Å². The SMILES string of the molecule is CC(OCc1ccccc1)[C@@H](Cl)B1OC2CC3CC(C3(C)C)[C@]2(C)O1. The van der Waals surface area contributed by atoms with Crippen molar-refractivity contribution in [1.29, 1.82) is 0 Å². The van der Waals surface area contributed by atoms with Crippen molar-refractivity contribution < 1.29 is 14.0 Å². The molecule has 6 atom stereocenters. The molecule has 5 rings (SSSR count). The fourth-order valence-electron chi connectivity index (χ4n) is 5.15. The minimum Gasteiger partial charge on any atom is -0.404 e. The van der Waals surface area contributed by atoms with Gasteiger partial charge in [0.2, 0.25) is 0 Å². The third-order valence-corrected chi connectivity index (χ3v) is 7.59. The largest absolute Gasteiger partial charge is 0.479 e. The maximum atomic E-state index is 6.69. The van der Waals surface area contributed by atoms with E-state index >= 15 is 0 Å². The molecule has 1 aromatic carbocycles. The van der Waals surface area contributed by atoms with Gasteiger partial charge in [-0.1, -0.05) is 44.2 Å². The average molecular weight is 363 g/mol. The minimum atomic E-state index is -0.391. The molecule has 0 N–H and O–H groups in total. The number of ether oxygens (including phenoxy) is 1. The van der Waals surface area contributed by atoms with Crippen LogP contribution in [0.2, 0.25) is 0 Å². The van der Waals surface area contributed by atoms with Gasteiger partial charge in [0.1, 0.15) is 0 Å². The first-order valence-corrected chi connectivity index (χ1v) is 9.89. The number of alkyl halides is 1. The molecule has 4 fully saturated rings. The van der Waals surface area contributed by atoms with Crippen molar-refractivity contribution >= 4 is 18.7 Å². The van der Waals surface area contributed by atoms with Crippen molar-refractivity contribution in [2.24, 2.45) is 17.3 Å². The van der Waals surface area contributed by atoms with E-state index in [2.05, 4.69) is 32.9 Å². The van der Waals surface area contributed by atoms with Crippen LogP contribution < -0.4 is 0 Å². The second-order valence-corrected chi connectivity index (χ2v) is 9.29. The lowest BCUT2D eigenvalue weighted by Crippen LogP contribution is -2.65. The van der Waals surface area contributed by atoms with Gasteiger partial charge in [0.15, 0.2) is 0 Å². The molecule has 3 nitrogen and oxygen atoms in total. The summed E-state index contributed by atoms with van der Waals surface area (Å²) in [7, 11) is -0.391. The normalized spacial score (nSPS) is 38.0. The van der Waals surface area contributed by atoms with E-state index < -0.39 is 7.12 Å². The molecule has 136 valence electrons. The zero-order valence-corrected chi connectivity index (χ0v) is 16.3. The van der Waals surface area contributed by atoms with Crippen LogP contribution in [0.15, 0.2) is 30.3 Å². The van der Waals surface area contributed by atoms with E-state index in [9.17, 15) is 0 Å². The summed E-state index contributed by atoms with van der Waals surface area (Å²) in [6.45, 7) is 9.51. The summed E-state index contributed by atoms with van der Waals surface area (Å²) < 4.78 is 18.7. The Labute approximate surface area is 156 Å². The second kappa shape index (κ2) is 6.26. The summed E-state index contributed by atoms with van der Waals surface area (Å²) in [6, 6.07) is 10.2. The van der Waals surface area contributed by atoms with Crippen LogP contribution in [0.5, 0.6) is 0 Å². The highest BCUT2D eigenvalue weighted by Crippen LogP contribution is 2.65. The van der Waals surface area contributed by atoms with Gasteiger partial charge in [0.05, 0.1) is 29.7 Å². The van der Waals surface area contributed by atoms with E-state index in [1.807, 2.05) is 25.1 Å². The van der Waals surface area contributed by atoms with Gasteiger partial charge in [-0.25, -0.2) is 0 Å². The fourth-order valence-corrected chi connectivity index (χ4v) is 5.33. The fraction of sp³-hybridized carbons (Fsp3) is 0.700. The quantitative estimate of drug-likeness (QED) is 0.571. The molecule has 4 aliphatic rings. The number of halogens is 1. The molecule has 0 aromatic heterocycles. The van der Waals surface area contributed by atoms with Gasteiger partial charge in [0.25, 0.3) is 0 Å². The molecule has 4 unspecified atom stereocenters. The number of hydrogen-bond donors (Lipinski definition) is 0. The van der Waals surface area contributed by atoms with Crippen LogP contribution in [0, 0.1) is 17.3 Å². The van der Waals surface area contributed by atoms with Crippen molar-refractivity contribution in [3.8, 4) is 0 Å². The van der Waals surface area contributed by atoms with Crippen molar-refractivity contribution in [2.75, 3.05) is 0 Å². The van der Waals surface area contributed by atoms with Gasteiger partial charge in [-0.05, 0) is 49.5 Å². The lowest BCUT2D eigenvalue weighted by atomic mass is 9.43. The topological polar surface area (TPSA) is 27.7 Å². The van der Waals surface area contributed by atoms with Gasteiger partial charge in [-0.3, -0.25) is 0 Å². The highest BCUT2D eigenvalue weighted by molar-refractivity contribution is 6.60. The first-order chi connectivity index (χ1) is 11.8. The van der Waals surface area contributed by atoms with Gasteiger partial charge in [0, 0.05) is 0 Å². The standard InChI is InChI=1S/C20H28BClO3/c1-13(23-12-14-8-6-5-7-9-14)18(22)21-24-17-11-15-10-16(19(15,2)3)20(17,4)25-21/h5-9,13,15-18H,10-12H2,1-4H3/t13?,15?,16?,17?,18-,20+/m1/s1. The third kappa shape index (κ3) is 2.86. The van der Waals surface area contributed by atoms with E-state index in [0.717, 1.165) is 17.9 Å². The predicted octanol–water partition coefficient (Wildman–Crippen LogP) is 4.47. The molecule has 0 spiro atoms. The molecular weight excluding hydrogens is 334 g/mol. The van der Waals surface area contributed by atoms with Crippen LogP contribution in [-0.4, -0.2) is 30.2 Å². The van der Waals surface area contributed by atoms with Crippen LogP contribution in [-0.2, 0) is 20.7 Å². The Kier molecular flexibility index (Phi) is 4.47. The summed E-state index contributed by atoms with van der Waals surface area (Å²) in [5.74, 6) is 1.30. The first-order valence-electron chi connectivity index (χ1n) is 9.45. The Morgan fingerprint density at radius 3 is 2.64 bits per heavy atom. The molecule has 0 amide bonds. The summed E-state index contributed by atoms with van der Waals surface area (Å²) in [5, 5.41) is -0.313. The maximum Gasteiger partial charge on any atom is 0.479 e. The molecule has 0 radical (unpaired) electrons. The predicted molar refractivity (Wildman–Crippen MR) is 100 cm³/mol. The molecule has 2 bridgehead atoms. The average Bonchev–Trinajstić information content (AvgIpc) is 2.96. The minimum absolute atomic E-state index is 0.140. The van der Waals surface area contributed by atoms with Crippen LogP contribution >= 0.6 is 11.6 Å². The summed E-state index contributed by atoms with van der Waals surface area (Å²) in [6.07, 6.45) is 2.36. The molecule has 3 saturated carbocycles. The Morgan fingerprint density at radius 2 is 1.96 bits per heavy atom. The third-order valence-electron chi connectivity index (χ3n) is 7.03. The van der Waals surface area contributed by atoms with Crippen LogP contribution in [0.3, 0.4) is 0 Å². The zero-order chi connectivity index (χ0) is 17.8. The summed E-state index contributed by atoms with van der Waals surface area (Å²) in [5.41, 5.74) is 1.28. The highest BCUT2D eigenvalue weighted by atomic mass is 35.5. The molecule has 1 aromatic rings. The molecule has 1 aliphatic heterocycles. The van der Waals surface area contributed by atoms with Crippen molar-refractivity contribution in [3.05, 3.63) is 35.9 Å². The Balaban J connectivity index is 1.38. The molecule has 1 heterocycles. The molecule has 3 aliphatic carbocycles. The van der Waals surface area contributed by atoms with Gasteiger partial charge in [-0.2, -0.15) is 0 Å². The molecule has 25 heavy (non-hydrogen) atoms. The Bertz CT molecular complexity index is 625. The molecule has 5 heteroatoms. The lowest BCUT2D eigenvalue weighted by molar-refractivity contribution is -0.199. The molecule has 1 saturated heterocycles. The van der Waals surface area contributed by atoms with E-state index in [-0.39, 0.29) is 23.1 Å².